The molecule has 0 spiro atoms. The monoisotopic (exact) mass is 370 g/mol. The number of nitrogens with zero attached hydrogens (tertiary/aromatic N) is 3. The van der Waals surface area contributed by atoms with Crippen molar-refractivity contribution in [3.8, 4) is 0 Å². The summed E-state index contributed by atoms with van der Waals surface area (Å²) in [5.41, 5.74) is -0.448. The van der Waals surface area contributed by atoms with Gasteiger partial charge < -0.3 is 15.3 Å². The van der Waals surface area contributed by atoms with Crippen molar-refractivity contribution >= 4 is 11.9 Å². The first-order valence-corrected chi connectivity index (χ1v) is 10.5. The zero-order valence-electron chi connectivity index (χ0n) is 15.9. The normalized spacial score (nSPS) is 40.2. The number of nitrogens with one attached hydrogen (secondary N) is 1. The fourth-order valence-electron chi connectivity index (χ4n) is 6.96. The van der Waals surface area contributed by atoms with Gasteiger partial charge in [0.05, 0.1) is 5.60 Å². The van der Waals surface area contributed by atoms with E-state index in [4.69, 9.17) is 0 Å². The Kier molecular flexibility index (Phi) is 4.15. The molecule has 4 bridgehead atoms. The first-order valence-electron chi connectivity index (χ1n) is 10.5. The highest BCUT2D eigenvalue weighted by molar-refractivity contribution is 5.77. The van der Waals surface area contributed by atoms with Gasteiger partial charge in [-0.3, -0.25) is 4.79 Å². The highest BCUT2D eigenvalue weighted by Crippen LogP contribution is 2.62. The summed E-state index contributed by atoms with van der Waals surface area (Å²) in [5, 5.41) is 14.2. The molecule has 3 atom stereocenters. The first-order chi connectivity index (χ1) is 13.0. The minimum Gasteiger partial charge on any atom is -0.390 e. The van der Waals surface area contributed by atoms with Gasteiger partial charge in [0.15, 0.2) is 0 Å². The predicted octanol–water partition coefficient (Wildman–Crippen LogP) is 2.28. The van der Waals surface area contributed by atoms with Crippen LogP contribution < -0.4 is 10.2 Å². The van der Waals surface area contributed by atoms with Crippen molar-refractivity contribution in [3.05, 3.63) is 18.5 Å². The van der Waals surface area contributed by atoms with E-state index in [1.807, 2.05) is 6.07 Å². The molecule has 0 unspecified atom stereocenters. The third-order valence-electron chi connectivity index (χ3n) is 7.31. The molecule has 27 heavy (non-hydrogen) atoms. The Morgan fingerprint density at radius 2 is 1.96 bits per heavy atom. The Balaban J connectivity index is 1.21. The van der Waals surface area contributed by atoms with Crippen LogP contribution in [0, 0.1) is 17.3 Å². The van der Waals surface area contributed by atoms with E-state index >= 15 is 0 Å². The van der Waals surface area contributed by atoms with E-state index < -0.39 is 5.60 Å². The maximum Gasteiger partial charge on any atom is 0.225 e. The van der Waals surface area contributed by atoms with Gasteiger partial charge in [0.25, 0.3) is 0 Å². The maximum atomic E-state index is 12.9. The van der Waals surface area contributed by atoms with Crippen LogP contribution in [0.25, 0.3) is 0 Å². The lowest BCUT2D eigenvalue weighted by molar-refractivity contribution is -0.169. The lowest BCUT2D eigenvalue weighted by Gasteiger charge is -2.60. The average Bonchev–Trinajstić information content (AvgIpc) is 2.60. The summed E-state index contributed by atoms with van der Waals surface area (Å²) in [6, 6.07) is 1.98. The van der Waals surface area contributed by atoms with Crippen LogP contribution in [0.4, 0.5) is 5.95 Å². The molecule has 6 nitrogen and oxygen atoms in total. The molecule has 4 saturated carbocycles. The molecule has 1 aromatic heterocycles. The van der Waals surface area contributed by atoms with Crippen molar-refractivity contribution < 1.29 is 9.90 Å². The second kappa shape index (κ2) is 6.43. The number of carbonyl (C=O) groups is 1. The van der Waals surface area contributed by atoms with E-state index in [2.05, 4.69) is 20.2 Å². The summed E-state index contributed by atoms with van der Waals surface area (Å²) in [5.74, 6) is 2.18. The highest BCUT2D eigenvalue weighted by atomic mass is 16.3. The number of aliphatic hydroxyl groups is 1. The minimum atomic E-state index is -0.489. The minimum absolute atomic E-state index is 0.0415. The molecule has 0 radical (unpaired) electrons. The second-order valence-electron chi connectivity index (χ2n) is 9.76. The number of hydrogen-bond donors (Lipinski definition) is 2. The van der Waals surface area contributed by atoms with E-state index in [1.54, 1.807) is 12.4 Å². The average molecular weight is 370 g/mol. The lowest BCUT2D eigenvalue weighted by Crippen LogP contribution is -2.57. The molecule has 1 aromatic rings. The third kappa shape index (κ3) is 3.44. The first kappa shape index (κ1) is 17.4. The molecule has 6 rings (SSSR count). The standard InChI is InChI=1S/C21H30N4O2/c26-18(12-20-8-15-7-16(9-20)11-21(27,10-15)14-20)24-17-3-1-6-25(13-17)19-22-4-2-5-23-19/h2,4-5,15-17,27H,1,3,6-14H2,(H,24,26)/t15-,16-,17+,20?,21?/m1/s1. The zero-order valence-corrected chi connectivity index (χ0v) is 15.9. The number of aromatic nitrogens is 2. The molecular formula is C21H30N4O2. The summed E-state index contributed by atoms with van der Waals surface area (Å²) in [6.07, 6.45) is 12.4. The number of amides is 1. The molecule has 1 aliphatic heterocycles. The molecule has 5 fully saturated rings. The number of rotatable bonds is 4. The lowest BCUT2D eigenvalue weighted by atomic mass is 9.47. The quantitative estimate of drug-likeness (QED) is 0.850. The van der Waals surface area contributed by atoms with Crippen LogP contribution in [0.15, 0.2) is 18.5 Å². The second-order valence-corrected chi connectivity index (χ2v) is 9.76. The van der Waals surface area contributed by atoms with Crippen molar-refractivity contribution in [2.45, 2.75) is 69.4 Å². The van der Waals surface area contributed by atoms with Crippen LogP contribution in [-0.4, -0.2) is 45.7 Å². The molecule has 2 N–H and O–H groups in total. The Labute approximate surface area is 160 Å². The summed E-state index contributed by atoms with van der Waals surface area (Å²) in [7, 11) is 0. The number of hydrogen-bond acceptors (Lipinski definition) is 5. The van der Waals surface area contributed by atoms with Crippen molar-refractivity contribution in [2.75, 3.05) is 18.0 Å². The van der Waals surface area contributed by atoms with Crippen molar-refractivity contribution in [1.82, 2.24) is 15.3 Å². The molecule has 1 saturated heterocycles. The molecule has 6 heteroatoms. The van der Waals surface area contributed by atoms with Gasteiger partial charge in [0.1, 0.15) is 0 Å². The molecule has 1 amide bonds. The summed E-state index contributed by atoms with van der Waals surface area (Å²) in [4.78, 5) is 23.8. The van der Waals surface area contributed by atoms with Gasteiger partial charge in [-0.15, -0.1) is 0 Å². The highest BCUT2D eigenvalue weighted by Gasteiger charge is 2.57. The van der Waals surface area contributed by atoms with Crippen LogP contribution in [0.3, 0.4) is 0 Å². The van der Waals surface area contributed by atoms with E-state index in [1.165, 1.54) is 6.42 Å². The van der Waals surface area contributed by atoms with Crippen LogP contribution in [0.5, 0.6) is 0 Å². The van der Waals surface area contributed by atoms with Gasteiger partial charge >= 0.3 is 0 Å². The summed E-state index contributed by atoms with van der Waals surface area (Å²) >= 11 is 0. The van der Waals surface area contributed by atoms with Gasteiger partial charge in [-0.25, -0.2) is 9.97 Å². The Morgan fingerprint density at radius 3 is 2.67 bits per heavy atom. The molecule has 2 heterocycles. The topological polar surface area (TPSA) is 78.4 Å². The smallest absolute Gasteiger partial charge is 0.225 e. The van der Waals surface area contributed by atoms with Crippen LogP contribution in [-0.2, 0) is 4.79 Å². The van der Waals surface area contributed by atoms with Gasteiger partial charge in [-0.1, -0.05) is 0 Å². The van der Waals surface area contributed by atoms with E-state index in [0.717, 1.165) is 64.0 Å². The molecule has 146 valence electrons. The van der Waals surface area contributed by atoms with Gasteiger partial charge in [-0.2, -0.15) is 0 Å². The molecule has 5 aliphatic rings. The third-order valence-corrected chi connectivity index (χ3v) is 7.31. The molecule has 0 aromatic carbocycles. The van der Waals surface area contributed by atoms with Crippen LogP contribution in [0.2, 0.25) is 0 Å². The SMILES string of the molecule is O=C(CC12C[C@H]3C[C@@H](CC(O)(C3)C1)C2)N[C@H]1CCCN(c2ncccn2)C1. The van der Waals surface area contributed by atoms with Gasteiger partial charge in [-0.05, 0) is 74.7 Å². The Morgan fingerprint density at radius 1 is 1.22 bits per heavy atom. The summed E-state index contributed by atoms with van der Waals surface area (Å²) < 4.78 is 0. The van der Waals surface area contributed by atoms with E-state index in [-0.39, 0.29) is 17.4 Å². The predicted molar refractivity (Wildman–Crippen MR) is 102 cm³/mol. The molecular weight excluding hydrogens is 340 g/mol. The fourth-order valence-corrected chi connectivity index (χ4v) is 6.96. The maximum absolute atomic E-state index is 12.9. The summed E-state index contributed by atoms with van der Waals surface area (Å²) in [6.45, 7) is 1.72. The Bertz CT molecular complexity index is 695. The van der Waals surface area contributed by atoms with E-state index in [0.29, 0.717) is 18.3 Å². The van der Waals surface area contributed by atoms with Crippen molar-refractivity contribution in [3.63, 3.8) is 0 Å². The van der Waals surface area contributed by atoms with E-state index in [9.17, 15) is 9.90 Å². The molecule has 4 aliphatic carbocycles. The van der Waals surface area contributed by atoms with Crippen LogP contribution >= 0.6 is 0 Å². The van der Waals surface area contributed by atoms with Crippen LogP contribution in [0.1, 0.15) is 57.8 Å². The van der Waals surface area contributed by atoms with Crippen molar-refractivity contribution in [2.24, 2.45) is 17.3 Å². The number of carbonyl (C=O) groups excluding carboxylic acids is 1. The van der Waals surface area contributed by atoms with Crippen molar-refractivity contribution in [1.29, 1.82) is 0 Å². The Hall–Kier alpha value is -1.69. The fraction of sp³-hybridized carbons (Fsp3) is 0.762. The van der Waals surface area contributed by atoms with Gasteiger partial charge in [0, 0.05) is 37.9 Å². The zero-order chi connectivity index (χ0) is 18.5. The largest absolute Gasteiger partial charge is 0.390 e. The number of piperidine rings is 1. The number of anilines is 1. The van der Waals surface area contributed by atoms with Gasteiger partial charge in [0.2, 0.25) is 11.9 Å².